The van der Waals surface area contributed by atoms with Crippen molar-refractivity contribution in [3.63, 3.8) is 0 Å². The summed E-state index contributed by atoms with van der Waals surface area (Å²) >= 11 is 0. The summed E-state index contributed by atoms with van der Waals surface area (Å²) in [5.41, 5.74) is 7.66. The van der Waals surface area contributed by atoms with Gasteiger partial charge in [-0.15, -0.1) is 0 Å². The molecule has 2 aromatic carbocycles. The Bertz CT molecular complexity index is 547. The highest BCUT2D eigenvalue weighted by atomic mass is 16.5. The van der Waals surface area contributed by atoms with Gasteiger partial charge in [-0.1, -0.05) is 26.0 Å². The van der Waals surface area contributed by atoms with Crippen LogP contribution in [0.25, 0.3) is 0 Å². The Labute approximate surface area is 114 Å². The van der Waals surface area contributed by atoms with Crippen molar-refractivity contribution >= 4 is 5.69 Å². The average Bonchev–Trinajstić information content (AvgIpc) is 2.41. The van der Waals surface area contributed by atoms with Crippen LogP contribution in [0, 0.1) is 0 Å². The maximum Gasteiger partial charge on any atom is 0.145 e. The molecule has 0 amide bonds. The van der Waals surface area contributed by atoms with Crippen LogP contribution in [0.15, 0.2) is 42.5 Å². The molecule has 100 valence electrons. The number of hydrogen-bond donors (Lipinski definition) is 1. The highest BCUT2D eigenvalue weighted by Gasteiger charge is 2.04. The molecule has 0 fully saturated rings. The number of hydrogen-bond acceptors (Lipinski definition) is 3. The largest absolute Gasteiger partial charge is 0.494 e. The lowest BCUT2D eigenvalue weighted by molar-refractivity contribution is 0.411. The molecule has 2 N–H and O–H groups in total. The summed E-state index contributed by atoms with van der Waals surface area (Å²) in [5.74, 6) is 2.65. The summed E-state index contributed by atoms with van der Waals surface area (Å²) < 4.78 is 10.9. The molecule has 0 saturated carbocycles. The van der Waals surface area contributed by atoms with Crippen LogP contribution in [-0.4, -0.2) is 7.11 Å². The predicted octanol–water partition coefficient (Wildman–Crippen LogP) is 4.19. The number of nitrogen functional groups attached to an aromatic ring is 1. The first-order chi connectivity index (χ1) is 9.10. The lowest BCUT2D eigenvalue weighted by atomic mass is 10.0. The molecule has 0 aromatic heterocycles. The Hall–Kier alpha value is -2.16. The van der Waals surface area contributed by atoms with Gasteiger partial charge in [-0.3, -0.25) is 0 Å². The van der Waals surface area contributed by atoms with Crippen molar-refractivity contribution in [3.8, 4) is 17.2 Å². The number of benzene rings is 2. The van der Waals surface area contributed by atoms with Crippen LogP contribution in [-0.2, 0) is 0 Å². The second-order valence-electron chi connectivity index (χ2n) is 4.73. The first kappa shape index (κ1) is 13.3. The van der Waals surface area contributed by atoms with Gasteiger partial charge in [0.15, 0.2) is 0 Å². The molecular weight excluding hydrogens is 238 g/mol. The van der Waals surface area contributed by atoms with Gasteiger partial charge in [-0.25, -0.2) is 0 Å². The Balaban J connectivity index is 2.16. The fraction of sp³-hybridized carbons (Fsp3) is 0.250. The van der Waals surface area contributed by atoms with Crippen LogP contribution >= 0.6 is 0 Å². The van der Waals surface area contributed by atoms with Gasteiger partial charge in [0.05, 0.1) is 12.8 Å². The number of anilines is 1. The van der Waals surface area contributed by atoms with Crippen LogP contribution in [0.5, 0.6) is 17.2 Å². The molecule has 0 heterocycles. The van der Waals surface area contributed by atoms with Crippen molar-refractivity contribution in [3.05, 3.63) is 48.0 Å². The zero-order chi connectivity index (χ0) is 13.8. The van der Waals surface area contributed by atoms with E-state index in [1.807, 2.05) is 18.2 Å². The van der Waals surface area contributed by atoms with Crippen LogP contribution in [0.1, 0.15) is 25.3 Å². The Kier molecular flexibility index (Phi) is 3.95. The molecule has 0 atom stereocenters. The molecule has 0 bridgehead atoms. The standard InChI is InChI=1S/C16H19NO2/c1-11(2)12-4-6-13(7-5-12)19-14-8-9-15(17)16(10-14)18-3/h4-11H,17H2,1-3H3. The average molecular weight is 257 g/mol. The van der Waals surface area contributed by atoms with Gasteiger partial charge in [0.1, 0.15) is 17.2 Å². The fourth-order valence-corrected chi connectivity index (χ4v) is 1.81. The first-order valence-electron chi connectivity index (χ1n) is 6.31. The van der Waals surface area contributed by atoms with Crippen molar-refractivity contribution in [1.29, 1.82) is 0 Å². The van der Waals surface area contributed by atoms with Gasteiger partial charge in [0.2, 0.25) is 0 Å². The molecule has 0 radical (unpaired) electrons. The van der Waals surface area contributed by atoms with Gasteiger partial charge in [0, 0.05) is 6.07 Å². The molecule has 0 aliphatic rings. The molecule has 0 aliphatic heterocycles. The van der Waals surface area contributed by atoms with Crippen molar-refractivity contribution < 1.29 is 9.47 Å². The molecule has 19 heavy (non-hydrogen) atoms. The first-order valence-corrected chi connectivity index (χ1v) is 6.31. The zero-order valence-corrected chi connectivity index (χ0v) is 11.5. The molecule has 2 aromatic rings. The van der Waals surface area contributed by atoms with E-state index in [1.54, 1.807) is 19.2 Å². The summed E-state index contributed by atoms with van der Waals surface area (Å²) in [4.78, 5) is 0. The van der Waals surface area contributed by atoms with E-state index in [0.717, 1.165) is 5.75 Å². The summed E-state index contributed by atoms with van der Waals surface area (Å²) in [6.45, 7) is 4.33. The molecule has 0 spiro atoms. The van der Waals surface area contributed by atoms with Gasteiger partial charge in [0.25, 0.3) is 0 Å². The smallest absolute Gasteiger partial charge is 0.145 e. The molecule has 3 nitrogen and oxygen atoms in total. The lowest BCUT2D eigenvalue weighted by Crippen LogP contribution is -1.93. The van der Waals surface area contributed by atoms with E-state index in [2.05, 4.69) is 26.0 Å². The van der Waals surface area contributed by atoms with E-state index in [1.165, 1.54) is 5.56 Å². The summed E-state index contributed by atoms with van der Waals surface area (Å²) in [6, 6.07) is 13.5. The monoisotopic (exact) mass is 257 g/mol. The fourth-order valence-electron chi connectivity index (χ4n) is 1.81. The minimum Gasteiger partial charge on any atom is -0.494 e. The van der Waals surface area contributed by atoms with E-state index < -0.39 is 0 Å². The summed E-state index contributed by atoms with van der Waals surface area (Å²) in [7, 11) is 1.59. The third-order valence-electron chi connectivity index (χ3n) is 2.99. The van der Waals surface area contributed by atoms with Crippen LogP contribution < -0.4 is 15.2 Å². The molecule has 0 aliphatic carbocycles. The SMILES string of the molecule is COc1cc(Oc2ccc(C(C)C)cc2)ccc1N. The van der Waals surface area contributed by atoms with E-state index in [4.69, 9.17) is 15.2 Å². The normalized spacial score (nSPS) is 10.5. The molecule has 0 saturated heterocycles. The van der Waals surface area contributed by atoms with Gasteiger partial charge in [-0.2, -0.15) is 0 Å². The van der Waals surface area contributed by atoms with Crippen LogP contribution in [0.2, 0.25) is 0 Å². The van der Waals surface area contributed by atoms with Crippen molar-refractivity contribution in [2.45, 2.75) is 19.8 Å². The van der Waals surface area contributed by atoms with E-state index in [-0.39, 0.29) is 0 Å². The predicted molar refractivity (Wildman–Crippen MR) is 78.0 cm³/mol. The minimum absolute atomic E-state index is 0.519. The van der Waals surface area contributed by atoms with Gasteiger partial charge >= 0.3 is 0 Å². The molecular formula is C16H19NO2. The van der Waals surface area contributed by atoms with Crippen molar-refractivity contribution in [2.24, 2.45) is 0 Å². The van der Waals surface area contributed by atoms with E-state index in [0.29, 0.717) is 23.1 Å². The Morgan fingerprint density at radius 3 is 2.16 bits per heavy atom. The maximum absolute atomic E-state index is 5.78. The Morgan fingerprint density at radius 2 is 1.58 bits per heavy atom. The van der Waals surface area contributed by atoms with Crippen LogP contribution in [0.3, 0.4) is 0 Å². The second kappa shape index (κ2) is 5.65. The van der Waals surface area contributed by atoms with Gasteiger partial charge in [-0.05, 0) is 35.7 Å². The van der Waals surface area contributed by atoms with Crippen molar-refractivity contribution in [1.82, 2.24) is 0 Å². The summed E-state index contributed by atoms with van der Waals surface area (Å²) in [5, 5.41) is 0. The number of rotatable bonds is 4. The molecule has 3 heteroatoms. The molecule has 0 unspecified atom stereocenters. The number of ether oxygens (including phenoxy) is 2. The third-order valence-corrected chi connectivity index (χ3v) is 2.99. The van der Waals surface area contributed by atoms with E-state index >= 15 is 0 Å². The van der Waals surface area contributed by atoms with Crippen molar-refractivity contribution in [2.75, 3.05) is 12.8 Å². The topological polar surface area (TPSA) is 44.5 Å². The third kappa shape index (κ3) is 3.19. The zero-order valence-electron chi connectivity index (χ0n) is 11.5. The molecule has 2 rings (SSSR count). The second-order valence-corrected chi connectivity index (χ2v) is 4.73. The van der Waals surface area contributed by atoms with Gasteiger partial charge < -0.3 is 15.2 Å². The highest BCUT2D eigenvalue weighted by molar-refractivity contribution is 5.56. The highest BCUT2D eigenvalue weighted by Crippen LogP contribution is 2.30. The number of methoxy groups -OCH3 is 1. The van der Waals surface area contributed by atoms with E-state index in [9.17, 15) is 0 Å². The lowest BCUT2D eigenvalue weighted by Gasteiger charge is -2.10. The number of nitrogens with two attached hydrogens (primary N) is 1. The maximum atomic E-state index is 5.78. The van der Waals surface area contributed by atoms with Crippen LogP contribution in [0.4, 0.5) is 5.69 Å². The Morgan fingerprint density at radius 1 is 0.947 bits per heavy atom. The quantitative estimate of drug-likeness (QED) is 0.835. The summed E-state index contributed by atoms with van der Waals surface area (Å²) in [6.07, 6.45) is 0. The minimum atomic E-state index is 0.519.